The van der Waals surface area contributed by atoms with Gasteiger partial charge in [0.05, 0.1) is 6.54 Å². The molecule has 276 valence electrons. The van der Waals surface area contributed by atoms with Gasteiger partial charge in [0, 0.05) is 5.71 Å². The molecule has 0 amide bonds. The van der Waals surface area contributed by atoms with Gasteiger partial charge in [-0.3, -0.25) is 4.99 Å². The van der Waals surface area contributed by atoms with Crippen molar-refractivity contribution in [3.05, 3.63) is 59.8 Å². The van der Waals surface area contributed by atoms with E-state index in [9.17, 15) is 0 Å². The molecule has 0 bridgehead atoms. The van der Waals surface area contributed by atoms with Crippen LogP contribution in [0.2, 0.25) is 0 Å². The largest absolute Gasteiger partial charge is 0.285 e. The molecular formula is C45H91N. The summed E-state index contributed by atoms with van der Waals surface area (Å²) < 4.78 is 0. The van der Waals surface area contributed by atoms with Gasteiger partial charge in [0.1, 0.15) is 0 Å². The molecule has 0 aromatic heterocycles. The van der Waals surface area contributed by atoms with Crippen LogP contribution in [0.1, 0.15) is 202 Å². The van der Waals surface area contributed by atoms with Crippen LogP contribution >= 0.6 is 0 Å². The van der Waals surface area contributed by atoms with E-state index in [2.05, 4.69) is 114 Å². The molecule has 0 unspecified atom stereocenters. The highest BCUT2D eigenvalue weighted by atomic mass is 14.8. The van der Waals surface area contributed by atoms with Crippen LogP contribution < -0.4 is 0 Å². The summed E-state index contributed by atoms with van der Waals surface area (Å²) in [5.41, 5.74) is 8.96. The van der Waals surface area contributed by atoms with Crippen molar-refractivity contribution in [1.29, 1.82) is 0 Å². The summed E-state index contributed by atoms with van der Waals surface area (Å²) in [4.78, 5) is 4.63. The molecule has 1 aliphatic heterocycles. The lowest BCUT2D eigenvalue weighted by Crippen LogP contribution is -2.14. The Morgan fingerprint density at radius 3 is 1.41 bits per heavy atom. The number of rotatable bonds is 8. The molecule has 0 aromatic carbocycles. The van der Waals surface area contributed by atoms with Crippen LogP contribution in [0.3, 0.4) is 0 Å². The lowest BCUT2D eigenvalue weighted by molar-refractivity contribution is 0.385. The zero-order valence-electron chi connectivity index (χ0n) is 35.9. The molecule has 0 saturated heterocycles. The molecule has 2 aliphatic rings. The second kappa shape index (κ2) is 39.5. The molecule has 1 fully saturated rings. The summed E-state index contributed by atoms with van der Waals surface area (Å²) in [5, 5.41) is 0. The predicted octanol–water partition coefficient (Wildman–Crippen LogP) is 16.8. The number of hydrogen-bond acceptors (Lipinski definition) is 1. The van der Waals surface area contributed by atoms with E-state index >= 15 is 0 Å². The van der Waals surface area contributed by atoms with Crippen LogP contribution in [0.25, 0.3) is 0 Å². The Labute approximate surface area is 295 Å². The van der Waals surface area contributed by atoms with E-state index in [1.54, 1.807) is 0 Å². The van der Waals surface area contributed by atoms with Crippen LogP contribution in [0.15, 0.2) is 64.7 Å². The second-order valence-corrected chi connectivity index (χ2v) is 14.0. The van der Waals surface area contributed by atoms with Crippen molar-refractivity contribution < 1.29 is 0 Å². The first kappa shape index (κ1) is 56.7. The maximum Gasteiger partial charge on any atom is 0.0648 e. The topological polar surface area (TPSA) is 12.4 Å². The lowest BCUT2D eigenvalue weighted by atomic mass is 9.80. The molecule has 0 N–H and O–H groups in total. The third kappa shape index (κ3) is 44.5. The Balaban J connectivity index is -0.000000115. The van der Waals surface area contributed by atoms with Crippen molar-refractivity contribution in [2.24, 2.45) is 22.2 Å². The number of allylic oxidation sites excluding steroid dienone is 4. The first-order valence-corrected chi connectivity index (χ1v) is 19.2. The first-order chi connectivity index (χ1) is 21.3. The van der Waals surface area contributed by atoms with Crippen molar-refractivity contribution in [3.8, 4) is 0 Å². The van der Waals surface area contributed by atoms with E-state index in [1.807, 2.05) is 48.5 Å². The number of nitrogens with zero attached hydrogens (tertiary/aromatic N) is 1. The Bertz CT molecular complexity index is 774. The van der Waals surface area contributed by atoms with E-state index in [-0.39, 0.29) is 5.41 Å². The van der Waals surface area contributed by atoms with E-state index in [1.165, 1.54) is 84.9 Å². The van der Waals surface area contributed by atoms with Gasteiger partial charge in [-0.05, 0) is 89.2 Å². The molecular weight excluding hydrogens is 555 g/mol. The molecule has 0 atom stereocenters. The van der Waals surface area contributed by atoms with Crippen LogP contribution in [0.5, 0.6) is 0 Å². The fraction of sp³-hybridized carbons (Fsp3) is 0.756. The Morgan fingerprint density at radius 1 is 0.826 bits per heavy atom. The number of hydrogen-bond donors (Lipinski definition) is 0. The maximum atomic E-state index is 4.63. The first-order valence-electron chi connectivity index (χ1n) is 19.2. The molecule has 0 aromatic rings. The molecule has 1 heteroatoms. The molecule has 1 aliphatic carbocycles. The molecule has 46 heavy (non-hydrogen) atoms. The smallest absolute Gasteiger partial charge is 0.0648 e. The van der Waals surface area contributed by atoms with Gasteiger partial charge >= 0.3 is 0 Å². The SMILES string of the molecule is C=C(C)C.C=C(C)C1=C(C)C(CCC(C)(C)C(=C)C)=NC1.C=C(C)CC.CC.CC.CC1CCCCC1.CCC.CCCC(C)C. The van der Waals surface area contributed by atoms with E-state index in [4.69, 9.17) is 0 Å². The average Bonchev–Trinajstić information content (AvgIpc) is 3.36. The third-order valence-corrected chi connectivity index (χ3v) is 7.33. The van der Waals surface area contributed by atoms with Gasteiger partial charge < -0.3 is 0 Å². The van der Waals surface area contributed by atoms with Crippen LogP contribution in [-0.4, -0.2) is 12.3 Å². The zero-order valence-corrected chi connectivity index (χ0v) is 35.9. The van der Waals surface area contributed by atoms with Crippen LogP contribution in [0.4, 0.5) is 0 Å². The predicted molar refractivity (Wildman–Crippen MR) is 224 cm³/mol. The normalized spacial score (nSPS) is 13.2. The summed E-state index contributed by atoms with van der Waals surface area (Å²) in [7, 11) is 0. The Morgan fingerprint density at radius 2 is 1.22 bits per heavy atom. The van der Waals surface area contributed by atoms with Gasteiger partial charge in [-0.25, -0.2) is 0 Å². The van der Waals surface area contributed by atoms with Gasteiger partial charge in [0.25, 0.3) is 0 Å². The lowest BCUT2D eigenvalue weighted by Gasteiger charge is -2.25. The summed E-state index contributed by atoms with van der Waals surface area (Å²) in [5.74, 6) is 1.93. The fourth-order valence-electron chi connectivity index (χ4n) is 3.84. The molecule has 1 heterocycles. The Hall–Kier alpha value is -1.63. The summed E-state index contributed by atoms with van der Waals surface area (Å²) in [6.45, 7) is 56.4. The minimum Gasteiger partial charge on any atom is -0.285 e. The molecule has 2 rings (SSSR count). The summed E-state index contributed by atoms with van der Waals surface area (Å²) in [6, 6.07) is 0. The second-order valence-electron chi connectivity index (χ2n) is 14.0. The molecule has 0 radical (unpaired) electrons. The van der Waals surface area contributed by atoms with Crippen LogP contribution in [0, 0.1) is 17.3 Å². The zero-order chi connectivity index (χ0) is 37.9. The monoisotopic (exact) mass is 646 g/mol. The van der Waals surface area contributed by atoms with Gasteiger partial charge in [-0.1, -0.05) is 177 Å². The van der Waals surface area contributed by atoms with Gasteiger partial charge in [0.15, 0.2) is 0 Å². The highest BCUT2D eigenvalue weighted by Crippen LogP contribution is 2.32. The fourth-order valence-corrected chi connectivity index (χ4v) is 3.84. The average molecular weight is 646 g/mol. The van der Waals surface area contributed by atoms with E-state index in [0.717, 1.165) is 43.2 Å². The molecule has 1 saturated carbocycles. The minimum atomic E-state index is 0.203. The van der Waals surface area contributed by atoms with Gasteiger partial charge in [-0.2, -0.15) is 0 Å². The van der Waals surface area contributed by atoms with Crippen molar-refractivity contribution >= 4 is 5.71 Å². The molecule has 0 spiro atoms. The summed E-state index contributed by atoms with van der Waals surface area (Å²) >= 11 is 0. The quantitative estimate of drug-likeness (QED) is 0.233. The van der Waals surface area contributed by atoms with Crippen LogP contribution in [-0.2, 0) is 0 Å². The minimum absolute atomic E-state index is 0.203. The maximum absolute atomic E-state index is 4.63. The Kier molecular flexibility index (Phi) is 48.7. The highest BCUT2D eigenvalue weighted by molar-refractivity contribution is 6.03. The van der Waals surface area contributed by atoms with E-state index in [0.29, 0.717) is 0 Å². The third-order valence-electron chi connectivity index (χ3n) is 7.33. The van der Waals surface area contributed by atoms with Gasteiger partial charge in [0.2, 0.25) is 0 Å². The van der Waals surface area contributed by atoms with Crippen molar-refractivity contribution in [3.63, 3.8) is 0 Å². The van der Waals surface area contributed by atoms with Crippen molar-refractivity contribution in [1.82, 2.24) is 0 Å². The summed E-state index contributed by atoms with van der Waals surface area (Å²) in [6.07, 6.45) is 14.7. The standard InChI is InChI=1S/C16H25N.C7H14.C6H14.C5H10.C4H8.C3H8.2C2H6/c1-11(2)14-10-17-15(13(14)5)8-9-16(6,7)12(3)4;1-7-5-3-2-4-6-7;1-4-5-6(2)3;1-4-5(2)3;1-4(2)3;1-3-2;2*1-2/h1,3,8-10H2,2,4-7H3;7H,2-6H2,1H3;6H,4-5H2,1-3H3;2,4H2,1,3H3;1H2,2-3H3;3H2,1-2H3;2*1-2H3. The van der Waals surface area contributed by atoms with E-state index < -0.39 is 0 Å². The highest BCUT2D eigenvalue weighted by Gasteiger charge is 2.22. The molecule has 1 nitrogen and oxygen atoms in total. The van der Waals surface area contributed by atoms with Gasteiger partial charge in [-0.15, -0.1) is 13.2 Å². The van der Waals surface area contributed by atoms with Crippen molar-refractivity contribution in [2.75, 3.05) is 6.54 Å². The number of aliphatic imine (C=N–C) groups is 1. The van der Waals surface area contributed by atoms with Crippen molar-refractivity contribution in [2.45, 2.75) is 202 Å².